The standard InChI is InChI=1S/C8H17FNP/c1-2-3-5-10-6-4-8(9,11)7-10/h2-7,11H2,1H3. The lowest BCUT2D eigenvalue weighted by Crippen LogP contribution is -2.25. The molecular formula is C8H17FNP. The van der Waals surface area contributed by atoms with Crippen LogP contribution in [0.15, 0.2) is 0 Å². The summed E-state index contributed by atoms with van der Waals surface area (Å²) < 4.78 is 13.2. The molecule has 0 saturated carbocycles. The highest BCUT2D eigenvalue weighted by Gasteiger charge is 2.32. The predicted octanol–water partition coefficient (Wildman–Crippen LogP) is 2.03. The van der Waals surface area contributed by atoms with Gasteiger partial charge in [-0.25, -0.2) is 4.39 Å². The van der Waals surface area contributed by atoms with Crippen molar-refractivity contribution < 1.29 is 4.39 Å². The molecule has 0 aliphatic carbocycles. The molecule has 0 aromatic rings. The van der Waals surface area contributed by atoms with Crippen LogP contribution < -0.4 is 0 Å². The van der Waals surface area contributed by atoms with Gasteiger partial charge in [-0.3, -0.25) is 4.90 Å². The van der Waals surface area contributed by atoms with Crippen molar-refractivity contribution in [2.45, 2.75) is 31.6 Å². The molecule has 0 radical (unpaired) electrons. The Morgan fingerprint density at radius 2 is 2.36 bits per heavy atom. The van der Waals surface area contributed by atoms with Gasteiger partial charge in [0.25, 0.3) is 0 Å². The average molecular weight is 177 g/mol. The number of hydrogen-bond acceptors (Lipinski definition) is 1. The van der Waals surface area contributed by atoms with E-state index in [9.17, 15) is 4.39 Å². The van der Waals surface area contributed by atoms with Crippen molar-refractivity contribution in [3.8, 4) is 0 Å². The Hall–Kier alpha value is 0.320. The topological polar surface area (TPSA) is 3.24 Å². The predicted molar refractivity (Wildman–Crippen MR) is 49.5 cm³/mol. The molecule has 11 heavy (non-hydrogen) atoms. The lowest BCUT2D eigenvalue weighted by atomic mass is 10.3. The van der Waals surface area contributed by atoms with Crippen molar-refractivity contribution in [2.75, 3.05) is 19.6 Å². The number of likely N-dealkylation sites (tertiary alicyclic amines) is 1. The maximum atomic E-state index is 13.2. The fraction of sp³-hybridized carbons (Fsp3) is 1.00. The fourth-order valence-electron chi connectivity index (χ4n) is 1.45. The highest BCUT2D eigenvalue weighted by atomic mass is 31.0. The van der Waals surface area contributed by atoms with Gasteiger partial charge in [-0.15, -0.1) is 0 Å². The molecule has 2 atom stereocenters. The number of hydrogen-bond donors (Lipinski definition) is 0. The van der Waals surface area contributed by atoms with E-state index >= 15 is 0 Å². The summed E-state index contributed by atoms with van der Waals surface area (Å²) in [6.07, 6.45) is 3.08. The minimum Gasteiger partial charge on any atom is -0.300 e. The second-order valence-corrected chi connectivity index (χ2v) is 4.45. The molecule has 0 amide bonds. The summed E-state index contributed by atoms with van der Waals surface area (Å²) >= 11 is 0. The Balaban J connectivity index is 2.20. The third kappa shape index (κ3) is 3.04. The van der Waals surface area contributed by atoms with E-state index in [0.29, 0.717) is 13.0 Å². The van der Waals surface area contributed by atoms with Gasteiger partial charge in [0.2, 0.25) is 0 Å². The maximum absolute atomic E-state index is 13.2. The van der Waals surface area contributed by atoms with Crippen LogP contribution in [0.4, 0.5) is 4.39 Å². The molecule has 0 N–H and O–H groups in total. The number of unbranched alkanes of at least 4 members (excludes halogenated alkanes) is 1. The van der Waals surface area contributed by atoms with E-state index in [2.05, 4.69) is 21.1 Å². The molecule has 2 unspecified atom stereocenters. The van der Waals surface area contributed by atoms with Gasteiger partial charge >= 0.3 is 0 Å². The molecule has 0 spiro atoms. The summed E-state index contributed by atoms with van der Waals surface area (Å²) in [5.41, 5.74) is 0. The summed E-state index contributed by atoms with van der Waals surface area (Å²) in [6.45, 7) is 4.77. The van der Waals surface area contributed by atoms with Gasteiger partial charge in [-0.1, -0.05) is 22.6 Å². The first-order chi connectivity index (χ1) is 5.14. The van der Waals surface area contributed by atoms with E-state index < -0.39 is 5.41 Å². The Labute approximate surface area is 70.5 Å². The van der Waals surface area contributed by atoms with Gasteiger partial charge in [0.1, 0.15) is 5.41 Å². The van der Waals surface area contributed by atoms with Crippen molar-refractivity contribution in [2.24, 2.45) is 0 Å². The summed E-state index contributed by atoms with van der Waals surface area (Å²) in [6, 6.07) is 0. The number of rotatable bonds is 3. The largest absolute Gasteiger partial charge is 0.300 e. The zero-order valence-electron chi connectivity index (χ0n) is 7.15. The molecule has 1 fully saturated rings. The molecule has 1 saturated heterocycles. The van der Waals surface area contributed by atoms with Crippen LogP contribution in [0.3, 0.4) is 0 Å². The van der Waals surface area contributed by atoms with Crippen LogP contribution >= 0.6 is 9.24 Å². The van der Waals surface area contributed by atoms with Gasteiger partial charge in [-0.2, -0.15) is 0 Å². The van der Waals surface area contributed by atoms with E-state index in [-0.39, 0.29) is 0 Å². The van der Waals surface area contributed by atoms with Crippen molar-refractivity contribution >= 4 is 9.24 Å². The highest BCUT2D eigenvalue weighted by Crippen LogP contribution is 2.31. The smallest absolute Gasteiger partial charge is 0.137 e. The second-order valence-electron chi connectivity index (χ2n) is 3.41. The van der Waals surface area contributed by atoms with Crippen LogP contribution in [-0.4, -0.2) is 29.9 Å². The lowest BCUT2D eigenvalue weighted by Gasteiger charge is -2.16. The zero-order valence-corrected chi connectivity index (χ0v) is 8.30. The summed E-state index contributed by atoms with van der Waals surface area (Å²) in [4.78, 5) is 2.20. The van der Waals surface area contributed by atoms with Gasteiger partial charge in [0, 0.05) is 13.1 Å². The summed E-state index contributed by atoms with van der Waals surface area (Å²) in [5, 5.41) is -0.992. The Morgan fingerprint density at radius 1 is 1.64 bits per heavy atom. The molecule has 1 heterocycles. The van der Waals surface area contributed by atoms with Crippen LogP contribution in [0.1, 0.15) is 26.2 Å². The molecule has 1 rings (SSSR count). The molecule has 0 aromatic heterocycles. The van der Waals surface area contributed by atoms with Gasteiger partial charge in [0.05, 0.1) is 0 Å². The number of halogens is 1. The van der Waals surface area contributed by atoms with Crippen LogP contribution in [0.25, 0.3) is 0 Å². The molecule has 0 aromatic carbocycles. The van der Waals surface area contributed by atoms with Gasteiger partial charge in [-0.05, 0) is 19.4 Å². The van der Waals surface area contributed by atoms with Crippen molar-refractivity contribution in [1.29, 1.82) is 0 Å². The first-order valence-corrected chi connectivity index (χ1v) is 4.92. The normalized spacial score (nSPS) is 33.0. The van der Waals surface area contributed by atoms with Crippen molar-refractivity contribution in [3.05, 3.63) is 0 Å². The first kappa shape index (κ1) is 9.41. The third-order valence-corrected chi connectivity index (χ3v) is 2.63. The number of alkyl halides is 1. The fourth-order valence-corrected chi connectivity index (χ4v) is 1.83. The quantitative estimate of drug-likeness (QED) is 0.596. The van der Waals surface area contributed by atoms with Crippen molar-refractivity contribution in [1.82, 2.24) is 4.90 Å². The van der Waals surface area contributed by atoms with Crippen LogP contribution in [0, 0.1) is 0 Å². The summed E-state index contributed by atoms with van der Waals surface area (Å²) in [7, 11) is 2.31. The lowest BCUT2D eigenvalue weighted by molar-refractivity contribution is 0.259. The average Bonchev–Trinajstić information content (AvgIpc) is 2.26. The molecule has 0 bridgehead atoms. The van der Waals surface area contributed by atoms with E-state index in [1.807, 2.05) is 0 Å². The van der Waals surface area contributed by atoms with Gasteiger partial charge in [0.15, 0.2) is 0 Å². The maximum Gasteiger partial charge on any atom is 0.137 e. The minimum atomic E-state index is -0.992. The van der Waals surface area contributed by atoms with Gasteiger partial charge < -0.3 is 0 Å². The highest BCUT2D eigenvalue weighted by molar-refractivity contribution is 7.18. The molecule has 1 aliphatic heterocycles. The van der Waals surface area contributed by atoms with E-state index in [0.717, 1.165) is 13.1 Å². The SMILES string of the molecule is CCCCN1CCC(F)(P)C1. The van der Waals surface area contributed by atoms with Crippen molar-refractivity contribution in [3.63, 3.8) is 0 Å². The number of nitrogens with zero attached hydrogens (tertiary/aromatic N) is 1. The monoisotopic (exact) mass is 177 g/mol. The molecule has 1 nitrogen and oxygen atoms in total. The van der Waals surface area contributed by atoms with Crippen LogP contribution in [-0.2, 0) is 0 Å². The molecular weight excluding hydrogens is 160 g/mol. The Bertz CT molecular complexity index is 127. The summed E-state index contributed by atoms with van der Waals surface area (Å²) in [5.74, 6) is 0. The van der Waals surface area contributed by atoms with Crippen LogP contribution in [0.5, 0.6) is 0 Å². The first-order valence-electron chi connectivity index (χ1n) is 4.34. The van der Waals surface area contributed by atoms with Crippen LogP contribution in [0.2, 0.25) is 0 Å². The van der Waals surface area contributed by atoms with E-state index in [1.54, 1.807) is 0 Å². The molecule has 66 valence electrons. The van der Waals surface area contributed by atoms with E-state index in [1.165, 1.54) is 12.8 Å². The molecule has 3 heteroatoms. The second kappa shape index (κ2) is 3.82. The Morgan fingerprint density at radius 3 is 2.82 bits per heavy atom. The van der Waals surface area contributed by atoms with E-state index in [4.69, 9.17) is 0 Å². The minimum absolute atomic E-state index is 0.609. The zero-order chi connectivity index (χ0) is 8.32. The molecule has 1 aliphatic rings. The third-order valence-electron chi connectivity index (χ3n) is 2.16. The Kier molecular flexibility index (Phi) is 3.27.